The Morgan fingerprint density at radius 2 is 1.84 bits per heavy atom. The van der Waals surface area contributed by atoms with Gasteiger partial charge in [0.2, 0.25) is 0 Å². The van der Waals surface area contributed by atoms with Crippen LogP contribution >= 0.6 is 11.6 Å². The van der Waals surface area contributed by atoms with E-state index in [1.165, 1.54) is 10.6 Å². The summed E-state index contributed by atoms with van der Waals surface area (Å²) in [5, 5.41) is 16.4. The van der Waals surface area contributed by atoms with E-state index in [1.54, 1.807) is 31.5 Å². The number of allylic oxidation sites excluding steroid dienone is 2. The molecule has 37 heavy (non-hydrogen) atoms. The van der Waals surface area contributed by atoms with E-state index in [1.807, 2.05) is 44.2 Å². The number of hydrogen-bond acceptors (Lipinski definition) is 5. The minimum absolute atomic E-state index is 0. The standard InChI is InChI=1S/C22H19ClN4O3.C2H6.CHF3.CH4/c1-27-20(13-6-3-2-4-7-13)26-18-14(10-15(23)11-17(18)21(27)28)12-25-19-16(22(29)30)8-5-9-24-19;1-2;2-1(3)4;/h2-11,19,24-25H,12H2,1H3,(H,29,30);1-2H3;1H;1H4. The van der Waals surface area contributed by atoms with E-state index in [0.29, 0.717) is 27.3 Å². The van der Waals surface area contributed by atoms with Gasteiger partial charge in [0, 0.05) is 24.2 Å². The molecule has 4 rings (SSSR count). The summed E-state index contributed by atoms with van der Waals surface area (Å²) in [7, 11) is 1.68. The third-order valence-corrected chi connectivity index (χ3v) is 5.16. The Morgan fingerprint density at radius 1 is 1.22 bits per heavy atom. The van der Waals surface area contributed by atoms with Crippen molar-refractivity contribution in [3.05, 3.63) is 87.3 Å². The number of nitrogens with zero attached hydrogens (tertiary/aromatic N) is 2. The maximum Gasteiger partial charge on any atom is 0.379 e. The van der Waals surface area contributed by atoms with Crippen molar-refractivity contribution in [2.45, 2.75) is 40.7 Å². The molecule has 1 atom stereocenters. The molecule has 0 radical (unpaired) electrons. The molecule has 0 amide bonds. The van der Waals surface area contributed by atoms with Crippen molar-refractivity contribution in [3.8, 4) is 11.4 Å². The first-order valence-corrected chi connectivity index (χ1v) is 11.3. The Labute approximate surface area is 218 Å². The average molecular weight is 539 g/mol. The van der Waals surface area contributed by atoms with Gasteiger partial charge in [0.15, 0.2) is 0 Å². The maximum atomic E-state index is 13.0. The molecule has 11 heteroatoms. The first-order chi connectivity index (χ1) is 17.2. The molecule has 2 heterocycles. The fourth-order valence-electron chi connectivity index (χ4n) is 3.45. The van der Waals surface area contributed by atoms with E-state index in [9.17, 15) is 27.9 Å². The van der Waals surface area contributed by atoms with Gasteiger partial charge in [-0.3, -0.25) is 14.7 Å². The van der Waals surface area contributed by atoms with Crippen LogP contribution in [-0.2, 0) is 18.4 Å². The second-order valence-electron chi connectivity index (χ2n) is 7.14. The highest BCUT2D eigenvalue weighted by atomic mass is 35.5. The van der Waals surface area contributed by atoms with Crippen molar-refractivity contribution < 1.29 is 23.1 Å². The van der Waals surface area contributed by atoms with Crippen LogP contribution in [0.4, 0.5) is 13.2 Å². The van der Waals surface area contributed by atoms with E-state index >= 15 is 0 Å². The average Bonchev–Trinajstić information content (AvgIpc) is 2.86. The number of fused-ring (bicyclic) bond motifs is 1. The molecule has 1 aliphatic heterocycles. The van der Waals surface area contributed by atoms with Crippen LogP contribution in [0.1, 0.15) is 26.8 Å². The van der Waals surface area contributed by atoms with Crippen LogP contribution in [0, 0.1) is 0 Å². The summed E-state index contributed by atoms with van der Waals surface area (Å²) in [5.74, 6) is -0.472. The second-order valence-corrected chi connectivity index (χ2v) is 7.58. The van der Waals surface area contributed by atoms with Gasteiger partial charge >= 0.3 is 12.6 Å². The molecule has 0 spiro atoms. The zero-order valence-corrected chi connectivity index (χ0v) is 20.6. The van der Waals surface area contributed by atoms with E-state index in [4.69, 9.17) is 16.6 Å². The predicted octanol–water partition coefficient (Wildman–Crippen LogP) is 5.64. The molecule has 1 unspecified atom stereocenters. The zero-order valence-electron chi connectivity index (χ0n) is 19.8. The van der Waals surface area contributed by atoms with Gasteiger partial charge in [-0.1, -0.05) is 63.2 Å². The molecule has 0 fully saturated rings. The van der Waals surface area contributed by atoms with Crippen LogP contribution in [0.15, 0.2) is 71.2 Å². The van der Waals surface area contributed by atoms with Crippen molar-refractivity contribution in [1.82, 2.24) is 20.2 Å². The number of carboxylic acid groups (broad SMARTS) is 1. The molecule has 3 N–H and O–H groups in total. The minimum Gasteiger partial charge on any atom is -0.478 e. The molecule has 2 aromatic carbocycles. The van der Waals surface area contributed by atoms with E-state index in [-0.39, 0.29) is 25.1 Å². The Morgan fingerprint density at radius 3 is 2.43 bits per heavy atom. The summed E-state index contributed by atoms with van der Waals surface area (Å²) in [4.78, 5) is 29.2. The van der Waals surface area contributed by atoms with Crippen LogP contribution < -0.4 is 16.2 Å². The lowest BCUT2D eigenvalue weighted by molar-refractivity contribution is -0.133. The monoisotopic (exact) mass is 538 g/mol. The number of nitrogens with one attached hydrogen (secondary N) is 2. The van der Waals surface area contributed by atoms with Gasteiger partial charge in [-0.2, -0.15) is 13.2 Å². The van der Waals surface area contributed by atoms with Gasteiger partial charge in [-0.15, -0.1) is 0 Å². The van der Waals surface area contributed by atoms with Crippen LogP contribution in [0.2, 0.25) is 5.02 Å². The van der Waals surface area contributed by atoms with E-state index in [2.05, 4.69) is 10.6 Å². The predicted molar refractivity (Wildman–Crippen MR) is 141 cm³/mol. The number of aliphatic carboxylic acids is 1. The summed E-state index contributed by atoms with van der Waals surface area (Å²) in [6.45, 7) is 0.599. The van der Waals surface area contributed by atoms with Crippen LogP contribution in [0.25, 0.3) is 22.3 Å². The molecule has 3 aromatic rings. The quantitative estimate of drug-likeness (QED) is 0.389. The number of aromatic nitrogens is 2. The first kappa shape index (κ1) is 31.4. The lowest BCUT2D eigenvalue weighted by Gasteiger charge is -2.22. The molecular formula is C26H30ClF3N4O3. The van der Waals surface area contributed by atoms with Crippen molar-refractivity contribution in [2.24, 2.45) is 7.05 Å². The molecule has 1 aromatic heterocycles. The third-order valence-electron chi connectivity index (χ3n) is 4.95. The molecule has 7 nitrogen and oxygen atoms in total. The fourth-order valence-corrected chi connectivity index (χ4v) is 3.69. The summed E-state index contributed by atoms with van der Waals surface area (Å²) >= 11 is 6.27. The number of rotatable bonds is 5. The van der Waals surface area contributed by atoms with Crippen molar-refractivity contribution >= 4 is 28.5 Å². The van der Waals surface area contributed by atoms with Gasteiger partial charge < -0.3 is 10.4 Å². The molecule has 0 aliphatic carbocycles. The van der Waals surface area contributed by atoms with Crippen LogP contribution in [0.3, 0.4) is 0 Å². The summed E-state index contributed by atoms with van der Waals surface area (Å²) in [6, 6.07) is 12.8. The summed E-state index contributed by atoms with van der Waals surface area (Å²) in [5.41, 5.74) is 2.04. The van der Waals surface area contributed by atoms with E-state index < -0.39 is 18.8 Å². The Hall–Kier alpha value is -3.63. The van der Waals surface area contributed by atoms with Crippen molar-refractivity contribution in [2.75, 3.05) is 0 Å². The molecule has 200 valence electrons. The number of hydrogen-bond donors (Lipinski definition) is 3. The number of carboxylic acids is 1. The smallest absolute Gasteiger partial charge is 0.379 e. The van der Waals surface area contributed by atoms with Gasteiger partial charge in [-0.05, 0) is 36.0 Å². The molecular weight excluding hydrogens is 509 g/mol. The second kappa shape index (κ2) is 14.8. The Balaban J connectivity index is 0.000000894. The highest BCUT2D eigenvalue weighted by Crippen LogP contribution is 2.24. The van der Waals surface area contributed by atoms with Crippen LogP contribution in [-0.4, -0.2) is 33.5 Å². The van der Waals surface area contributed by atoms with Crippen molar-refractivity contribution in [1.29, 1.82) is 0 Å². The Bertz CT molecular complexity index is 1310. The highest BCUT2D eigenvalue weighted by Gasteiger charge is 2.21. The topological polar surface area (TPSA) is 96.2 Å². The number of alkyl halides is 3. The molecule has 0 saturated heterocycles. The number of dihydropyridines is 1. The lowest BCUT2D eigenvalue weighted by Crippen LogP contribution is -2.44. The largest absolute Gasteiger partial charge is 0.478 e. The maximum absolute atomic E-state index is 13.0. The summed E-state index contributed by atoms with van der Waals surface area (Å²) < 4.78 is 30.5. The van der Waals surface area contributed by atoms with Gasteiger partial charge in [0.05, 0.1) is 16.5 Å². The third kappa shape index (κ3) is 8.19. The highest BCUT2D eigenvalue weighted by molar-refractivity contribution is 6.31. The van der Waals surface area contributed by atoms with Gasteiger partial charge in [0.25, 0.3) is 5.56 Å². The molecule has 0 bridgehead atoms. The van der Waals surface area contributed by atoms with E-state index in [0.717, 1.165) is 5.56 Å². The van der Waals surface area contributed by atoms with Crippen LogP contribution in [0.5, 0.6) is 0 Å². The minimum atomic E-state index is -3.67. The summed E-state index contributed by atoms with van der Waals surface area (Å²) in [6.07, 6.45) is 4.26. The SMILES string of the molecule is C.CC.Cn1c(-c2ccccc2)nc2c(CNC3NC=CC=C3C(=O)O)cc(Cl)cc2c1=O.FC(F)F. The normalized spacial score (nSPS) is 13.8. The fraction of sp³-hybridized carbons (Fsp3) is 0.269. The number of carbonyl (C=O) groups is 1. The number of halogens is 4. The lowest BCUT2D eigenvalue weighted by atomic mass is 10.1. The number of benzene rings is 2. The first-order valence-electron chi connectivity index (χ1n) is 10.9. The molecule has 0 saturated carbocycles. The Kier molecular flexibility index (Phi) is 12.6. The van der Waals surface area contributed by atoms with Gasteiger partial charge in [0.1, 0.15) is 12.0 Å². The van der Waals surface area contributed by atoms with Crippen molar-refractivity contribution in [3.63, 3.8) is 0 Å². The molecule has 1 aliphatic rings. The zero-order chi connectivity index (χ0) is 26.8. The van der Waals surface area contributed by atoms with Gasteiger partial charge in [-0.25, -0.2) is 9.78 Å².